The van der Waals surface area contributed by atoms with E-state index in [0.717, 1.165) is 5.75 Å². The molecule has 4 aromatic rings. The Labute approximate surface area is 189 Å². The predicted octanol–water partition coefficient (Wildman–Crippen LogP) is 4.53. The van der Waals surface area contributed by atoms with Gasteiger partial charge in [-0.1, -0.05) is 17.4 Å². The number of carbonyl (C=O) groups is 1. The SMILES string of the molecule is CCOc1ccc(OCC(=O)N(CCCn2ccnc2)c2nc3c(F)cccc3s2)cc1. The maximum absolute atomic E-state index is 14.2. The second kappa shape index (κ2) is 10.2. The lowest BCUT2D eigenvalue weighted by Crippen LogP contribution is -2.36. The number of aryl methyl sites for hydroxylation is 1. The summed E-state index contributed by atoms with van der Waals surface area (Å²) in [6, 6.07) is 11.9. The quantitative estimate of drug-likeness (QED) is 0.352. The number of rotatable bonds is 10. The summed E-state index contributed by atoms with van der Waals surface area (Å²) in [5, 5.41) is 0.455. The second-order valence-corrected chi connectivity index (χ2v) is 7.98. The number of imidazole rings is 1. The van der Waals surface area contributed by atoms with Crippen LogP contribution >= 0.6 is 11.3 Å². The van der Waals surface area contributed by atoms with E-state index in [0.29, 0.717) is 41.7 Å². The summed E-state index contributed by atoms with van der Waals surface area (Å²) in [4.78, 5) is 23.1. The number of thiazole rings is 1. The minimum atomic E-state index is -0.401. The van der Waals surface area contributed by atoms with Crippen molar-refractivity contribution in [3.8, 4) is 11.5 Å². The summed E-state index contributed by atoms with van der Waals surface area (Å²) in [5.74, 6) is 0.657. The van der Waals surface area contributed by atoms with Crippen LogP contribution in [0.3, 0.4) is 0 Å². The van der Waals surface area contributed by atoms with E-state index < -0.39 is 5.82 Å². The summed E-state index contributed by atoms with van der Waals surface area (Å²) in [6.45, 7) is 3.46. The molecule has 166 valence electrons. The molecule has 0 N–H and O–H groups in total. The fraction of sp³-hybridized carbons (Fsp3) is 0.261. The third kappa shape index (κ3) is 5.23. The van der Waals surface area contributed by atoms with Gasteiger partial charge in [-0.05, 0) is 49.7 Å². The van der Waals surface area contributed by atoms with Gasteiger partial charge in [0, 0.05) is 25.5 Å². The number of benzene rings is 2. The largest absolute Gasteiger partial charge is 0.494 e. The molecule has 0 aliphatic rings. The number of amides is 1. The number of halogens is 1. The molecular formula is C23H23FN4O3S. The van der Waals surface area contributed by atoms with Gasteiger partial charge in [0.2, 0.25) is 0 Å². The van der Waals surface area contributed by atoms with Crippen LogP contribution in [0.4, 0.5) is 9.52 Å². The van der Waals surface area contributed by atoms with E-state index in [1.54, 1.807) is 53.8 Å². The first-order valence-electron chi connectivity index (χ1n) is 10.3. The van der Waals surface area contributed by atoms with Crippen LogP contribution in [0.15, 0.2) is 61.2 Å². The Morgan fingerprint density at radius 1 is 1.16 bits per heavy atom. The number of aromatic nitrogens is 3. The molecule has 9 heteroatoms. The van der Waals surface area contributed by atoms with Gasteiger partial charge in [-0.3, -0.25) is 9.69 Å². The van der Waals surface area contributed by atoms with Crippen molar-refractivity contribution in [3.63, 3.8) is 0 Å². The van der Waals surface area contributed by atoms with Gasteiger partial charge in [-0.15, -0.1) is 0 Å². The van der Waals surface area contributed by atoms with Crippen molar-refractivity contribution in [1.82, 2.24) is 14.5 Å². The van der Waals surface area contributed by atoms with Crippen molar-refractivity contribution < 1.29 is 18.7 Å². The van der Waals surface area contributed by atoms with Crippen molar-refractivity contribution in [2.75, 3.05) is 24.7 Å². The first kappa shape index (κ1) is 21.8. The number of carbonyl (C=O) groups excluding carboxylic acids is 1. The summed E-state index contributed by atoms with van der Waals surface area (Å²) >= 11 is 1.29. The minimum absolute atomic E-state index is 0.155. The summed E-state index contributed by atoms with van der Waals surface area (Å²) in [6.07, 6.45) is 6.00. The number of fused-ring (bicyclic) bond motifs is 1. The Kier molecular flexibility index (Phi) is 6.96. The highest BCUT2D eigenvalue weighted by Crippen LogP contribution is 2.30. The molecule has 2 heterocycles. The molecule has 0 aliphatic carbocycles. The first-order valence-corrected chi connectivity index (χ1v) is 11.1. The average Bonchev–Trinajstić information content (AvgIpc) is 3.47. The van der Waals surface area contributed by atoms with Gasteiger partial charge in [0.15, 0.2) is 11.7 Å². The summed E-state index contributed by atoms with van der Waals surface area (Å²) in [5.41, 5.74) is 0.271. The molecular weight excluding hydrogens is 431 g/mol. The van der Waals surface area contributed by atoms with E-state index >= 15 is 0 Å². The number of para-hydroxylation sites is 1. The third-order valence-corrected chi connectivity index (χ3v) is 5.79. The fourth-order valence-electron chi connectivity index (χ4n) is 3.20. The van der Waals surface area contributed by atoms with Crippen LogP contribution in [-0.4, -0.2) is 40.2 Å². The zero-order chi connectivity index (χ0) is 22.3. The van der Waals surface area contributed by atoms with Crippen LogP contribution < -0.4 is 14.4 Å². The van der Waals surface area contributed by atoms with E-state index in [-0.39, 0.29) is 18.0 Å². The van der Waals surface area contributed by atoms with Crippen LogP contribution in [-0.2, 0) is 11.3 Å². The Bertz CT molecular complexity index is 1160. The molecule has 0 saturated carbocycles. The van der Waals surface area contributed by atoms with E-state index in [9.17, 15) is 9.18 Å². The molecule has 1 amide bonds. The van der Waals surface area contributed by atoms with Crippen LogP contribution in [0.5, 0.6) is 11.5 Å². The maximum Gasteiger partial charge on any atom is 0.266 e. The summed E-state index contributed by atoms with van der Waals surface area (Å²) < 4.78 is 27.9. The van der Waals surface area contributed by atoms with Gasteiger partial charge in [0.1, 0.15) is 22.8 Å². The lowest BCUT2D eigenvalue weighted by Gasteiger charge is -2.20. The topological polar surface area (TPSA) is 69.5 Å². The van der Waals surface area contributed by atoms with E-state index in [1.807, 2.05) is 17.7 Å². The number of ether oxygens (including phenoxy) is 2. The molecule has 0 aliphatic heterocycles. The lowest BCUT2D eigenvalue weighted by atomic mass is 10.3. The number of hydrogen-bond donors (Lipinski definition) is 0. The molecule has 32 heavy (non-hydrogen) atoms. The molecule has 0 fully saturated rings. The minimum Gasteiger partial charge on any atom is -0.494 e. The Hall–Kier alpha value is -3.46. The van der Waals surface area contributed by atoms with Crippen LogP contribution in [0, 0.1) is 5.82 Å². The Balaban J connectivity index is 1.47. The van der Waals surface area contributed by atoms with Gasteiger partial charge in [-0.2, -0.15) is 0 Å². The molecule has 2 aromatic heterocycles. The maximum atomic E-state index is 14.2. The second-order valence-electron chi connectivity index (χ2n) is 6.98. The van der Waals surface area contributed by atoms with Gasteiger partial charge in [-0.25, -0.2) is 14.4 Å². The molecule has 0 bridgehead atoms. The monoisotopic (exact) mass is 454 g/mol. The van der Waals surface area contributed by atoms with Gasteiger partial charge in [0.25, 0.3) is 5.91 Å². The number of anilines is 1. The third-order valence-electron chi connectivity index (χ3n) is 4.74. The number of hydrogen-bond acceptors (Lipinski definition) is 6. The van der Waals surface area contributed by atoms with Gasteiger partial charge >= 0.3 is 0 Å². The van der Waals surface area contributed by atoms with Gasteiger partial charge in [0.05, 0.1) is 17.6 Å². The smallest absolute Gasteiger partial charge is 0.266 e. The number of nitrogens with zero attached hydrogens (tertiary/aromatic N) is 4. The molecule has 0 radical (unpaired) electrons. The van der Waals surface area contributed by atoms with Crippen LogP contribution in [0.1, 0.15) is 13.3 Å². The molecule has 4 rings (SSSR count). The highest BCUT2D eigenvalue weighted by atomic mass is 32.1. The van der Waals surface area contributed by atoms with E-state index in [2.05, 4.69) is 9.97 Å². The zero-order valence-electron chi connectivity index (χ0n) is 17.6. The Morgan fingerprint density at radius 2 is 1.94 bits per heavy atom. The van der Waals surface area contributed by atoms with Crippen molar-refractivity contribution in [3.05, 3.63) is 67.0 Å². The Morgan fingerprint density at radius 3 is 2.62 bits per heavy atom. The molecule has 2 aromatic carbocycles. The average molecular weight is 455 g/mol. The standard InChI is InChI=1S/C23H23FN4O3S/c1-2-30-17-7-9-18(10-8-17)31-15-21(29)28(13-4-12-27-14-11-25-16-27)23-26-22-19(24)5-3-6-20(22)32-23/h3,5-11,14,16H,2,4,12-13,15H2,1H3. The van der Waals surface area contributed by atoms with Crippen molar-refractivity contribution in [2.24, 2.45) is 0 Å². The van der Waals surface area contributed by atoms with Crippen LogP contribution in [0.2, 0.25) is 0 Å². The molecule has 0 saturated heterocycles. The predicted molar refractivity (Wildman–Crippen MR) is 122 cm³/mol. The molecule has 0 spiro atoms. The van der Waals surface area contributed by atoms with Crippen molar-refractivity contribution in [1.29, 1.82) is 0 Å². The molecule has 0 unspecified atom stereocenters. The molecule has 0 atom stereocenters. The van der Waals surface area contributed by atoms with E-state index in [1.165, 1.54) is 17.4 Å². The fourth-order valence-corrected chi connectivity index (χ4v) is 4.22. The highest BCUT2D eigenvalue weighted by Gasteiger charge is 2.21. The zero-order valence-corrected chi connectivity index (χ0v) is 18.4. The normalized spacial score (nSPS) is 10.9. The van der Waals surface area contributed by atoms with Gasteiger partial charge < -0.3 is 14.0 Å². The first-order chi connectivity index (χ1) is 15.6. The van der Waals surface area contributed by atoms with Crippen molar-refractivity contribution >= 4 is 32.6 Å². The van der Waals surface area contributed by atoms with E-state index in [4.69, 9.17) is 9.47 Å². The van der Waals surface area contributed by atoms with Crippen molar-refractivity contribution in [2.45, 2.75) is 19.9 Å². The summed E-state index contributed by atoms with van der Waals surface area (Å²) in [7, 11) is 0. The highest BCUT2D eigenvalue weighted by molar-refractivity contribution is 7.22. The lowest BCUT2D eigenvalue weighted by molar-refractivity contribution is -0.120. The molecule has 7 nitrogen and oxygen atoms in total. The van der Waals surface area contributed by atoms with Crippen LogP contribution in [0.25, 0.3) is 10.2 Å².